The Kier molecular flexibility index (Phi) is 4.34. The van der Waals surface area contributed by atoms with Gasteiger partial charge in [0.15, 0.2) is 5.76 Å². The van der Waals surface area contributed by atoms with Gasteiger partial charge in [-0.05, 0) is 32.6 Å². The molecule has 5 heteroatoms. The highest BCUT2D eigenvalue weighted by molar-refractivity contribution is 5.76. The van der Waals surface area contributed by atoms with Crippen LogP contribution in [0.3, 0.4) is 0 Å². The summed E-state index contributed by atoms with van der Waals surface area (Å²) < 4.78 is 11.4. The first-order chi connectivity index (χ1) is 12.1. The molecule has 2 fully saturated rings. The van der Waals surface area contributed by atoms with Gasteiger partial charge in [0.25, 0.3) is 0 Å². The molecule has 1 spiro atoms. The molecule has 1 atom stereocenters. The Morgan fingerprint density at radius 3 is 2.80 bits per heavy atom. The molecule has 1 aromatic heterocycles. The summed E-state index contributed by atoms with van der Waals surface area (Å²) in [5, 5.41) is 4.16. The van der Waals surface area contributed by atoms with Crippen LogP contribution >= 0.6 is 0 Å². The molecule has 0 N–H and O–H groups in total. The fraction of sp³-hybridized carbons (Fsp3) is 0.500. The molecule has 2 aromatic rings. The lowest BCUT2D eigenvalue weighted by Gasteiger charge is -2.26. The third kappa shape index (κ3) is 3.47. The maximum absolute atomic E-state index is 12.5. The van der Waals surface area contributed by atoms with Crippen LogP contribution in [0.5, 0.6) is 0 Å². The van der Waals surface area contributed by atoms with Gasteiger partial charge in [-0.25, -0.2) is 0 Å². The van der Waals surface area contributed by atoms with Gasteiger partial charge in [-0.15, -0.1) is 0 Å². The topological polar surface area (TPSA) is 55.6 Å². The first-order valence-electron chi connectivity index (χ1n) is 9.08. The second-order valence-electron chi connectivity index (χ2n) is 7.24. The summed E-state index contributed by atoms with van der Waals surface area (Å²) in [7, 11) is 0. The minimum Gasteiger partial charge on any atom is -0.375 e. The van der Waals surface area contributed by atoms with E-state index in [0.29, 0.717) is 13.0 Å². The van der Waals surface area contributed by atoms with Crippen molar-refractivity contribution in [1.29, 1.82) is 0 Å². The van der Waals surface area contributed by atoms with Gasteiger partial charge in [0.05, 0.1) is 12.1 Å². The second-order valence-corrected chi connectivity index (χ2v) is 7.24. The summed E-state index contributed by atoms with van der Waals surface area (Å²) in [5.41, 5.74) is 2.98. The highest BCUT2D eigenvalue weighted by Crippen LogP contribution is 2.36. The molecule has 0 aliphatic carbocycles. The van der Waals surface area contributed by atoms with Gasteiger partial charge in [0.1, 0.15) is 5.69 Å². The average molecular weight is 340 g/mol. The number of rotatable bonds is 3. The van der Waals surface area contributed by atoms with Gasteiger partial charge < -0.3 is 14.2 Å². The number of aryl methyl sites for hydroxylation is 1. The molecular weight excluding hydrogens is 316 g/mol. The van der Waals surface area contributed by atoms with E-state index in [9.17, 15) is 4.79 Å². The molecule has 132 valence electrons. The molecular formula is C20H24N2O3. The van der Waals surface area contributed by atoms with Gasteiger partial charge in [-0.1, -0.05) is 35.0 Å². The van der Waals surface area contributed by atoms with Crippen molar-refractivity contribution in [3.05, 3.63) is 41.7 Å². The molecule has 25 heavy (non-hydrogen) atoms. The summed E-state index contributed by atoms with van der Waals surface area (Å²) in [6.45, 7) is 4.09. The van der Waals surface area contributed by atoms with E-state index < -0.39 is 0 Å². The number of nitrogens with zero attached hydrogens (tertiary/aromatic N) is 2. The van der Waals surface area contributed by atoms with Gasteiger partial charge in [0.2, 0.25) is 5.91 Å². The van der Waals surface area contributed by atoms with Gasteiger partial charge in [-0.2, -0.15) is 0 Å². The lowest BCUT2D eigenvalue weighted by molar-refractivity contribution is -0.131. The molecule has 5 nitrogen and oxygen atoms in total. The number of likely N-dealkylation sites (tertiary alicyclic amines) is 1. The third-order valence-electron chi connectivity index (χ3n) is 5.42. The number of benzene rings is 1. The predicted molar refractivity (Wildman–Crippen MR) is 93.9 cm³/mol. The van der Waals surface area contributed by atoms with Crippen molar-refractivity contribution >= 4 is 5.91 Å². The number of ether oxygens (including phenoxy) is 1. The standard InChI is InChI=1S/C20H24N2O3/c1-15-3-5-16(6-4-15)18-13-17(25-21-18)14-22-11-10-20(8-2-12-24-20)9-7-19(22)23/h3-6,13H,2,7-12,14H2,1H3. The van der Waals surface area contributed by atoms with E-state index in [1.807, 2.05) is 23.1 Å². The Labute approximate surface area is 147 Å². The normalized spacial score (nSPS) is 24.0. The molecule has 3 heterocycles. The third-order valence-corrected chi connectivity index (χ3v) is 5.42. The van der Waals surface area contributed by atoms with Crippen LogP contribution in [-0.4, -0.2) is 34.7 Å². The Morgan fingerprint density at radius 2 is 2.04 bits per heavy atom. The number of aromatic nitrogens is 1. The fourth-order valence-corrected chi connectivity index (χ4v) is 3.83. The number of hydrogen-bond donors (Lipinski definition) is 0. The van der Waals surface area contributed by atoms with Crippen LogP contribution in [-0.2, 0) is 16.1 Å². The molecule has 0 saturated carbocycles. The van der Waals surface area contributed by atoms with Crippen molar-refractivity contribution in [2.24, 2.45) is 0 Å². The molecule has 1 amide bonds. The first-order valence-corrected chi connectivity index (χ1v) is 9.08. The SMILES string of the molecule is Cc1ccc(-c2cc(CN3CCC4(CCCO4)CCC3=O)on2)cc1. The molecule has 0 radical (unpaired) electrons. The summed E-state index contributed by atoms with van der Waals surface area (Å²) in [5.74, 6) is 0.910. The van der Waals surface area contributed by atoms with Crippen molar-refractivity contribution in [2.45, 2.75) is 51.2 Å². The Bertz CT molecular complexity index is 745. The largest absolute Gasteiger partial charge is 0.375 e. The maximum Gasteiger partial charge on any atom is 0.223 e. The number of carbonyl (C=O) groups excluding carboxylic acids is 1. The van der Waals surface area contributed by atoms with Crippen molar-refractivity contribution in [2.75, 3.05) is 13.2 Å². The van der Waals surface area contributed by atoms with E-state index in [1.165, 1.54) is 5.56 Å². The van der Waals surface area contributed by atoms with Gasteiger partial charge in [0, 0.05) is 31.2 Å². The van der Waals surface area contributed by atoms with Crippen molar-refractivity contribution in [3.8, 4) is 11.3 Å². The molecule has 1 unspecified atom stereocenters. The van der Waals surface area contributed by atoms with E-state index in [0.717, 1.165) is 55.9 Å². The van der Waals surface area contributed by atoms with Crippen LogP contribution < -0.4 is 0 Å². The quantitative estimate of drug-likeness (QED) is 0.855. The van der Waals surface area contributed by atoms with Crippen molar-refractivity contribution in [1.82, 2.24) is 10.1 Å². The zero-order chi connectivity index (χ0) is 17.3. The summed E-state index contributed by atoms with van der Waals surface area (Å²) in [6.07, 6.45) is 4.49. The minimum absolute atomic E-state index is 0.0706. The van der Waals surface area contributed by atoms with Crippen LogP contribution in [0, 0.1) is 6.92 Å². The van der Waals surface area contributed by atoms with E-state index in [4.69, 9.17) is 9.26 Å². The molecule has 2 aliphatic heterocycles. The molecule has 2 aliphatic rings. The van der Waals surface area contributed by atoms with E-state index in [2.05, 4.69) is 24.2 Å². The zero-order valence-corrected chi connectivity index (χ0v) is 14.7. The van der Waals surface area contributed by atoms with Crippen LogP contribution in [0.4, 0.5) is 0 Å². The Balaban J connectivity index is 1.45. The first kappa shape index (κ1) is 16.3. The van der Waals surface area contributed by atoms with Crippen LogP contribution in [0.1, 0.15) is 43.4 Å². The van der Waals surface area contributed by atoms with E-state index in [1.54, 1.807) is 0 Å². The summed E-state index contributed by atoms with van der Waals surface area (Å²) in [4.78, 5) is 14.4. The summed E-state index contributed by atoms with van der Waals surface area (Å²) in [6, 6.07) is 10.1. The second kappa shape index (κ2) is 6.64. The lowest BCUT2D eigenvalue weighted by atomic mass is 9.92. The fourth-order valence-electron chi connectivity index (χ4n) is 3.83. The molecule has 2 saturated heterocycles. The predicted octanol–water partition coefficient (Wildman–Crippen LogP) is 3.71. The van der Waals surface area contributed by atoms with Gasteiger partial charge in [-0.3, -0.25) is 4.79 Å². The van der Waals surface area contributed by atoms with E-state index in [-0.39, 0.29) is 11.5 Å². The Morgan fingerprint density at radius 1 is 1.20 bits per heavy atom. The van der Waals surface area contributed by atoms with Crippen molar-refractivity contribution in [3.63, 3.8) is 0 Å². The highest BCUT2D eigenvalue weighted by Gasteiger charge is 2.38. The zero-order valence-electron chi connectivity index (χ0n) is 14.7. The molecule has 1 aromatic carbocycles. The van der Waals surface area contributed by atoms with Gasteiger partial charge >= 0.3 is 0 Å². The monoisotopic (exact) mass is 340 g/mol. The highest BCUT2D eigenvalue weighted by atomic mass is 16.5. The minimum atomic E-state index is -0.0706. The van der Waals surface area contributed by atoms with E-state index >= 15 is 0 Å². The van der Waals surface area contributed by atoms with Crippen LogP contribution in [0.25, 0.3) is 11.3 Å². The van der Waals surface area contributed by atoms with Crippen molar-refractivity contribution < 1.29 is 14.1 Å². The summed E-state index contributed by atoms with van der Waals surface area (Å²) >= 11 is 0. The van der Waals surface area contributed by atoms with Crippen LogP contribution in [0.15, 0.2) is 34.9 Å². The molecule has 4 rings (SSSR count). The smallest absolute Gasteiger partial charge is 0.223 e. The number of amides is 1. The number of hydrogen-bond acceptors (Lipinski definition) is 4. The van der Waals surface area contributed by atoms with Crippen LogP contribution in [0.2, 0.25) is 0 Å². The average Bonchev–Trinajstić information content (AvgIpc) is 3.24. The lowest BCUT2D eigenvalue weighted by Crippen LogP contribution is -2.31. The number of carbonyl (C=O) groups is 1. The molecule has 0 bridgehead atoms. The maximum atomic E-state index is 12.5. The Hall–Kier alpha value is -2.14.